The molecule has 258 valence electrons. The second-order valence-corrected chi connectivity index (χ2v) is 13.4. The fourth-order valence-corrected chi connectivity index (χ4v) is 5.94. The van der Waals surface area contributed by atoms with E-state index in [1.54, 1.807) is 48.5 Å². The van der Waals surface area contributed by atoms with Gasteiger partial charge in [0.15, 0.2) is 6.29 Å². The van der Waals surface area contributed by atoms with Crippen LogP contribution in [0.15, 0.2) is 72.8 Å². The van der Waals surface area contributed by atoms with Gasteiger partial charge >= 0.3 is 17.9 Å². The van der Waals surface area contributed by atoms with Gasteiger partial charge in [0.1, 0.15) is 19.8 Å². The first-order chi connectivity index (χ1) is 23.1. The molecular weight excluding hydrogens is 620 g/mol. The Morgan fingerprint density at radius 2 is 0.735 bits per heavy atom. The molecule has 0 fully saturated rings. The maximum Gasteiger partial charge on any atom is 0.338 e. The van der Waals surface area contributed by atoms with Crippen molar-refractivity contribution in [1.82, 2.24) is 0 Å². The average molecular weight is 667 g/mol. The standard InChI is InChI=1S/C41H46O8/c1-25-9-26(2)14-33(13-25)37(42)46-21-41(22-47-38(43)34-15-27(3)10-28(4)16-34,23-48-39(44)35-17-29(5)11-30(6)18-35)24-49-40(45)36-19-31(7)12-32(8)20-36/h9-20,37,42H,21-24H2,1-8H3/t37-/m0/s1. The molecular formula is C41H46O8. The van der Waals surface area contributed by atoms with E-state index in [1.807, 2.05) is 79.7 Å². The van der Waals surface area contributed by atoms with Crippen molar-refractivity contribution in [3.63, 3.8) is 0 Å². The van der Waals surface area contributed by atoms with Crippen LogP contribution in [-0.4, -0.2) is 49.4 Å². The van der Waals surface area contributed by atoms with E-state index in [9.17, 15) is 19.5 Å². The van der Waals surface area contributed by atoms with E-state index in [2.05, 4.69) is 0 Å². The molecule has 0 saturated carbocycles. The molecule has 0 bridgehead atoms. The zero-order chi connectivity index (χ0) is 35.9. The lowest BCUT2D eigenvalue weighted by molar-refractivity contribution is -0.154. The Bertz CT molecular complexity index is 1600. The summed E-state index contributed by atoms with van der Waals surface area (Å²) in [6.45, 7) is 13.8. The summed E-state index contributed by atoms with van der Waals surface area (Å²) in [5.74, 6) is -1.81. The van der Waals surface area contributed by atoms with Crippen LogP contribution in [0.1, 0.15) is 87.4 Å². The smallest absolute Gasteiger partial charge is 0.338 e. The third kappa shape index (κ3) is 10.6. The molecule has 0 saturated heterocycles. The van der Waals surface area contributed by atoms with Crippen LogP contribution in [-0.2, 0) is 18.9 Å². The maximum absolute atomic E-state index is 13.4. The summed E-state index contributed by atoms with van der Waals surface area (Å²) in [5, 5.41) is 11.1. The molecule has 8 heteroatoms. The molecule has 0 aliphatic carbocycles. The van der Waals surface area contributed by atoms with Crippen LogP contribution < -0.4 is 0 Å². The third-order valence-electron chi connectivity index (χ3n) is 7.98. The molecule has 1 N–H and O–H groups in total. The molecule has 0 unspecified atom stereocenters. The fraction of sp³-hybridized carbons (Fsp3) is 0.341. The monoisotopic (exact) mass is 666 g/mol. The van der Waals surface area contributed by atoms with Gasteiger partial charge in [-0.15, -0.1) is 0 Å². The van der Waals surface area contributed by atoms with Gasteiger partial charge in [-0.25, -0.2) is 14.4 Å². The number of rotatable bonds is 13. The van der Waals surface area contributed by atoms with Crippen LogP contribution in [0.25, 0.3) is 0 Å². The van der Waals surface area contributed by atoms with Crippen molar-refractivity contribution in [2.75, 3.05) is 26.4 Å². The Morgan fingerprint density at radius 3 is 1.02 bits per heavy atom. The van der Waals surface area contributed by atoms with Crippen molar-refractivity contribution in [2.45, 2.75) is 61.7 Å². The average Bonchev–Trinajstić information content (AvgIpc) is 3.01. The summed E-state index contributed by atoms with van der Waals surface area (Å²) in [6, 6.07) is 21.7. The molecule has 0 aromatic heterocycles. The number of ether oxygens (including phenoxy) is 4. The number of hydrogen-bond acceptors (Lipinski definition) is 8. The van der Waals surface area contributed by atoms with E-state index in [1.165, 1.54) is 0 Å². The van der Waals surface area contributed by atoms with Gasteiger partial charge in [-0.05, 0) is 91.8 Å². The highest BCUT2D eigenvalue weighted by molar-refractivity contribution is 5.91. The number of carbonyl (C=O) groups excluding carboxylic acids is 3. The van der Waals surface area contributed by atoms with E-state index in [-0.39, 0.29) is 26.4 Å². The fourth-order valence-electron chi connectivity index (χ4n) is 5.94. The zero-order valence-corrected chi connectivity index (χ0v) is 29.6. The Labute approximate surface area is 289 Å². The molecule has 0 amide bonds. The van der Waals surface area contributed by atoms with Gasteiger partial charge in [0.2, 0.25) is 0 Å². The van der Waals surface area contributed by atoms with Crippen molar-refractivity contribution in [3.8, 4) is 0 Å². The molecule has 0 heterocycles. The van der Waals surface area contributed by atoms with Crippen molar-refractivity contribution in [1.29, 1.82) is 0 Å². The first-order valence-electron chi connectivity index (χ1n) is 16.3. The van der Waals surface area contributed by atoms with Crippen LogP contribution in [0.2, 0.25) is 0 Å². The molecule has 4 aromatic rings. The first-order valence-corrected chi connectivity index (χ1v) is 16.3. The second-order valence-electron chi connectivity index (χ2n) is 13.4. The molecule has 0 aliphatic rings. The molecule has 49 heavy (non-hydrogen) atoms. The highest BCUT2D eigenvalue weighted by Gasteiger charge is 2.38. The van der Waals surface area contributed by atoms with Gasteiger partial charge in [-0.1, -0.05) is 80.9 Å². The summed E-state index contributed by atoms with van der Waals surface area (Å²) in [5.41, 5.74) is 7.40. The van der Waals surface area contributed by atoms with E-state index < -0.39 is 29.6 Å². The Kier molecular flexibility index (Phi) is 12.1. The van der Waals surface area contributed by atoms with Crippen LogP contribution in [0.4, 0.5) is 0 Å². The Balaban J connectivity index is 1.68. The van der Waals surface area contributed by atoms with Gasteiger partial charge in [-0.2, -0.15) is 0 Å². The minimum Gasteiger partial charge on any atom is -0.461 e. The van der Waals surface area contributed by atoms with E-state index in [0.717, 1.165) is 44.5 Å². The van der Waals surface area contributed by atoms with E-state index >= 15 is 0 Å². The topological polar surface area (TPSA) is 108 Å². The van der Waals surface area contributed by atoms with Crippen LogP contribution in [0.3, 0.4) is 0 Å². The molecule has 4 aromatic carbocycles. The predicted octanol–water partition coefficient (Wildman–Crippen LogP) is 7.72. The molecule has 8 nitrogen and oxygen atoms in total. The van der Waals surface area contributed by atoms with Crippen molar-refractivity contribution >= 4 is 17.9 Å². The van der Waals surface area contributed by atoms with Crippen molar-refractivity contribution < 1.29 is 38.4 Å². The summed E-state index contributed by atoms with van der Waals surface area (Å²) in [4.78, 5) is 40.1. The van der Waals surface area contributed by atoms with Crippen LogP contribution >= 0.6 is 0 Å². The van der Waals surface area contributed by atoms with Crippen LogP contribution in [0.5, 0.6) is 0 Å². The van der Waals surface area contributed by atoms with Crippen LogP contribution in [0, 0.1) is 60.8 Å². The number of benzene rings is 4. The molecule has 0 spiro atoms. The van der Waals surface area contributed by atoms with E-state index in [4.69, 9.17) is 18.9 Å². The number of aryl methyl sites for hydroxylation is 8. The Morgan fingerprint density at radius 1 is 0.469 bits per heavy atom. The molecule has 0 radical (unpaired) electrons. The third-order valence-corrected chi connectivity index (χ3v) is 7.98. The summed E-state index contributed by atoms with van der Waals surface area (Å²) in [6.07, 6.45) is -1.36. The predicted molar refractivity (Wildman–Crippen MR) is 188 cm³/mol. The highest BCUT2D eigenvalue weighted by Crippen LogP contribution is 2.28. The lowest BCUT2D eigenvalue weighted by Gasteiger charge is -2.33. The molecule has 1 atom stereocenters. The first kappa shape index (κ1) is 37.0. The molecule has 4 rings (SSSR count). The van der Waals surface area contributed by atoms with E-state index in [0.29, 0.717) is 22.3 Å². The second kappa shape index (κ2) is 16.1. The van der Waals surface area contributed by atoms with Gasteiger partial charge in [-0.3, -0.25) is 0 Å². The highest BCUT2D eigenvalue weighted by atomic mass is 16.6. The van der Waals surface area contributed by atoms with Gasteiger partial charge in [0.25, 0.3) is 0 Å². The largest absolute Gasteiger partial charge is 0.461 e. The number of carbonyl (C=O) groups is 3. The number of aliphatic hydroxyl groups is 1. The van der Waals surface area contributed by atoms with Gasteiger partial charge < -0.3 is 24.1 Å². The lowest BCUT2D eigenvalue weighted by Crippen LogP contribution is -2.43. The molecule has 0 aliphatic heterocycles. The summed E-state index contributed by atoms with van der Waals surface area (Å²) in [7, 11) is 0. The van der Waals surface area contributed by atoms with Gasteiger partial charge in [0.05, 0.1) is 28.7 Å². The normalized spacial score (nSPS) is 11.9. The van der Waals surface area contributed by atoms with Gasteiger partial charge in [0, 0.05) is 5.56 Å². The maximum atomic E-state index is 13.4. The number of hydrogen-bond donors (Lipinski definition) is 1. The zero-order valence-electron chi connectivity index (χ0n) is 29.6. The minimum atomic E-state index is -1.41. The number of aliphatic hydroxyl groups excluding tert-OH is 1. The quantitative estimate of drug-likeness (QED) is 0.0878. The summed E-state index contributed by atoms with van der Waals surface area (Å²) >= 11 is 0. The lowest BCUT2D eigenvalue weighted by atomic mass is 9.91. The SMILES string of the molecule is Cc1cc(C)cc(C(=O)OCC(COC(=O)c2cc(C)cc(C)c2)(COC(=O)c2cc(C)cc(C)c2)CO[C@H](O)c2cc(C)cc(C)c2)c1. The minimum absolute atomic E-state index is 0.290. The van der Waals surface area contributed by atoms with Crippen molar-refractivity contribution in [3.05, 3.63) is 140 Å². The Hall–Kier alpha value is -4.79. The van der Waals surface area contributed by atoms with Crippen molar-refractivity contribution in [2.24, 2.45) is 5.41 Å². The summed E-state index contributed by atoms with van der Waals surface area (Å²) < 4.78 is 23.6. The number of esters is 3.